The van der Waals surface area contributed by atoms with Crippen molar-refractivity contribution < 1.29 is 16.4 Å². The summed E-state index contributed by atoms with van der Waals surface area (Å²) in [6, 6.07) is 77.2. The van der Waals surface area contributed by atoms with Crippen LogP contribution in [-0.2, 0) is 30.0 Å². The van der Waals surface area contributed by atoms with Crippen LogP contribution in [0.3, 0.4) is 0 Å². The van der Waals surface area contributed by atoms with Crippen LogP contribution in [0, 0.1) is 16.2 Å². The van der Waals surface area contributed by atoms with Gasteiger partial charge in [-0.25, -0.2) is 0 Å². The fourth-order valence-corrected chi connectivity index (χ4v) is 16.4. The third-order valence-electron chi connectivity index (χ3n) is 21.0. The second-order valence-electron chi connectivity index (χ2n) is 34.5. The number of hydrogen-bond acceptors (Lipinski definition) is 2. The van der Waals surface area contributed by atoms with Crippen LogP contribution < -0.4 is 26.2 Å². The minimum Gasteiger partial charge on any atom is -0.311 e. The Balaban J connectivity index is 1.09. The molecular weight excluding hydrogens is 1280 g/mol. The Morgan fingerprint density at radius 3 is 1.05 bits per heavy atom. The van der Waals surface area contributed by atoms with E-state index < -0.39 is 30.3 Å². The van der Waals surface area contributed by atoms with Crippen molar-refractivity contribution >= 4 is 101 Å². The van der Waals surface area contributed by atoms with Gasteiger partial charge in [-0.1, -0.05) is 286 Å². The van der Waals surface area contributed by atoms with Gasteiger partial charge in [-0.15, -0.1) is 0 Å². The molecule has 106 heavy (non-hydrogen) atoms. The van der Waals surface area contributed by atoms with Crippen LogP contribution in [0.5, 0.6) is 0 Å². The highest BCUT2D eigenvalue weighted by Crippen LogP contribution is 2.53. The Morgan fingerprint density at radius 2 is 0.689 bits per heavy atom. The molecule has 0 N–H and O–H groups in total. The summed E-state index contributed by atoms with van der Waals surface area (Å²) in [5.74, 6) is 0. The van der Waals surface area contributed by atoms with E-state index in [0.29, 0.717) is 83.7 Å². The Morgan fingerprint density at radius 1 is 0.321 bits per heavy atom. The van der Waals surface area contributed by atoms with Gasteiger partial charge in [-0.2, -0.15) is 0 Å². The molecule has 0 spiro atoms. The molecule has 0 amide bonds. The number of para-hydroxylation sites is 2. The van der Waals surface area contributed by atoms with Crippen LogP contribution in [0.25, 0.3) is 99.5 Å². The zero-order valence-corrected chi connectivity index (χ0v) is 63.5. The molecule has 0 bridgehead atoms. The first kappa shape index (κ1) is 55.6. The molecule has 0 unspecified atom stereocenters. The topological polar surface area (TPSA) is 16.3 Å². The van der Waals surface area contributed by atoms with Crippen molar-refractivity contribution in [1.29, 1.82) is 0 Å². The molecule has 0 saturated carbocycles. The molecule has 524 valence electrons. The Kier molecular flexibility index (Phi) is 13.3. The molecule has 0 atom stereocenters. The number of benzene rings is 13. The second kappa shape index (κ2) is 25.4. The zero-order chi connectivity index (χ0) is 84.1. The zero-order valence-electron chi connectivity index (χ0n) is 75.5. The van der Waals surface area contributed by atoms with E-state index in [1.807, 2.05) is 136 Å². The third kappa shape index (κ3) is 12.2. The van der Waals surface area contributed by atoms with E-state index in [-0.39, 0.29) is 64.6 Å². The van der Waals surface area contributed by atoms with Crippen molar-refractivity contribution in [1.82, 2.24) is 9.13 Å². The number of fused-ring (bicyclic) bond motifs is 10. The quantitative estimate of drug-likeness (QED) is 0.120. The van der Waals surface area contributed by atoms with Gasteiger partial charge in [0.1, 0.15) is 0 Å². The Hall–Kier alpha value is -10.9. The summed E-state index contributed by atoms with van der Waals surface area (Å²) >= 11 is 0. The monoisotopic (exact) mass is 1390 g/mol. The Labute approximate surface area is 645 Å². The molecule has 0 radical (unpaired) electrons. The van der Waals surface area contributed by atoms with Gasteiger partial charge < -0.3 is 18.9 Å². The predicted molar refractivity (Wildman–Crippen MR) is 458 cm³/mol. The summed E-state index contributed by atoms with van der Waals surface area (Å²) in [5, 5.41) is 2.19. The molecule has 15 aromatic rings. The maximum Gasteiger partial charge on any atom is 0.252 e. The van der Waals surface area contributed by atoms with Gasteiger partial charge in [0, 0.05) is 72.3 Å². The molecule has 0 aliphatic carbocycles. The van der Waals surface area contributed by atoms with Crippen LogP contribution in [0.2, 0.25) is 0 Å². The normalized spacial score (nSPS) is 15.2. The molecule has 4 nitrogen and oxygen atoms in total. The SMILES string of the molecule is [2H]c1c([2H])c([2H])c2c(c1[2H])c1cc(C(C)(C)C)ccc1n2-c1ccc2c(c1)N(c1cc(-c3ccccc3)c(C([2H])([2H])C(C)(C)C)cc1-c1ccccc1)c1cc(CC(C)(C)C)cc3c1B2c1ccc(-n2c4ccc(C(C)(C)C)cc4c4c([2H])c([2H])c([2H])c([2H])c42)cc1N3c1cc(-c2ccccc2)c(C([2H])([2H])C(C)(C)C)cc1-c1ccccc1. The fraction of sp³-hybridized carbons (Fsp3) is 0.228. The molecule has 2 aliphatic heterocycles. The van der Waals surface area contributed by atoms with Crippen molar-refractivity contribution in [2.24, 2.45) is 16.2 Å². The lowest BCUT2D eigenvalue weighted by Gasteiger charge is -2.46. The minimum absolute atomic E-state index is 0.137. The van der Waals surface area contributed by atoms with E-state index in [1.54, 1.807) is 0 Å². The van der Waals surface area contributed by atoms with Crippen molar-refractivity contribution in [2.45, 2.75) is 134 Å². The molecule has 17 rings (SSSR count). The number of anilines is 6. The number of hydrogen-bond donors (Lipinski definition) is 0. The molecule has 5 heteroatoms. The van der Waals surface area contributed by atoms with E-state index in [9.17, 15) is 16.4 Å². The molecular formula is C101H97BN4. The number of aromatic nitrogens is 2. The largest absolute Gasteiger partial charge is 0.311 e. The smallest absolute Gasteiger partial charge is 0.252 e. The maximum absolute atomic E-state index is 10.4. The van der Waals surface area contributed by atoms with Crippen LogP contribution in [0.1, 0.15) is 148 Å². The molecule has 2 aliphatic rings. The van der Waals surface area contributed by atoms with Gasteiger partial charge in [0.25, 0.3) is 6.71 Å². The highest BCUT2D eigenvalue weighted by atomic mass is 15.2. The van der Waals surface area contributed by atoms with E-state index in [2.05, 4.69) is 218 Å². The standard InChI is InChI=1S/C101H97BN4/c1-97(2,3)62-65-52-94-96-95(53-65)106(91-61-79(67-34-22-17-23-35-67)71(64-99(7,8)9)55-81(91)69-38-26-19-27-39-69)93-59-75(104-87-43-31-29-41-77(87)83-57-73(101(13,14)15)45-51-89(83)104)47-49-85(93)102(96)84-48-46-74(103-86-42-30-28-40-76(86)82-56-72(100(10,11)12)44-50-88(82)103)58-92(84)105(94)90-60-78(66-32-20-16-21-33-66)70(63-98(4,5)6)54-80(90)68-36-24-18-25-37-68/h16-61H,62-64H2,1-15H3/i28D,29D,30D,31D,40D,41D,42D,43D,63D2,64D2. The van der Waals surface area contributed by atoms with Crippen molar-refractivity contribution in [3.8, 4) is 55.9 Å². The van der Waals surface area contributed by atoms with E-state index >= 15 is 0 Å². The number of rotatable bonds is 11. The van der Waals surface area contributed by atoms with Gasteiger partial charge >= 0.3 is 0 Å². The summed E-state index contributed by atoms with van der Waals surface area (Å²) in [6.07, 6.45) is -3.25. The van der Waals surface area contributed by atoms with Crippen LogP contribution in [0.15, 0.2) is 279 Å². The molecule has 13 aromatic carbocycles. The first-order chi connectivity index (χ1) is 55.6. The summed E-state index contributed by atoms with van der Waals surface area (Å²) in [7, 11) is 0. The molecule has 2 aromatic heterocycles. The number of nitrogens with zero attached hydrogens (tertiary/aromatic N) is 4. The summed E-state index contributed by atoms with van der Waals surface area (Å²) in [4.78, 5) is 4.77. The van der Waals surface area contributed by atoms with Crippen molar-refractivity contribution in [3.63, 3.8) is 0 Å². The summed E-state index contributed by atoms with van der Waals surface area (Å²) < 4.78 is 123. The molecule has 0 fully saturated rings. The minimum atomic E-state index is -1.91. The van der Waals surface area contributed by atoms with Crippen LogP contribution in [-0.4, -0.2) is 15.8 Å². The summed E-state index contributed by atoms with van der Waals surface area (Å²) in [6.45, 7) is 30.7. The fourth-order valence-electron chi connectivity index (χ4n) is 16.4. The highest BCUT2D eigenvalue weighted by Gasteiger charge is 2.46. The van der Waals surface area contributed by atoms with Gasteiger partial charge in [0.05, 0.1) is 44.4 Å². The van der Waals surface area contributed by atoms with Crippen LogP contribution in [0.4, 0.5) is 34.1 Å². The van der Waals surface area contributed by atoms with Crippen molar-refractivity contribution in [3.05, 3.63) is 307 Å². The molecule has 0 saturated heterocycles. The average Bonchev–Trinajstić information content (AvgIpc) is 1.25. The average molecular weight is 1390 g/mol. The lowest BCUT2D eigenvalue weighted by molar-refractivity contribution is 0.411. The van der Waals surface area contributed by atoms with E-state index in [1.165, 1.54) is 0 Å². The van der Waals surface area contributed by atoms with Crippen LogP contribution >= 0.6 is 0 Å². The third-order valence-corrected chi connectivity index (χ3v) is 21.0. The van der Waals surface area contributed by atoms with Gasteiger partial charge in [0.15, 0.2) is 0 Å². The van der Waals surface area contributed by atoms with Crippen molar-refractivity contribution in [2.75, 3.05) is 9.80 Å². The highest BCUT2D eigenvalue weighted by molar-refractivity contribution is 7.00. The van der Waals surface area contributed by atoms with Gasteiger partial charge in [-0.3, -0.25) is 0 Å². The van der Waals surface area contributed by atoms with E-state index in [0.717, 1.165) is 101 Å². The maximum atomic E-state index is 10.4. The first-order valence-electron chi connectivity index (χ1n) is 43.3. The van der Waals surface area contributed by atoms with Gasteiger partial charge in [0.2, 0.25) is 0 Å². The lowest BCUT2D eigenvalue weighted by atomic mass is 9.33. The van der Waals surface area contributed by atoms with Gasteiger partial charge in [-0.05, 0) is 221 Å². The Bertz CT molecular complexity index is 6260. The second-order valence-corrected chi connectivity index (χ2v) is 34.5. The molecule has 4 heterocycles. The van der Waals surface area contributed by atoms with E-state index in [4.69, 9.17) is 0 Å². The predicted octanol–water partition coefficient (Wildman–Crippen LogP) is 26.0. The summed E-state index contributed by atoms with van der Waals surface area (Å²) in [5.41, 5.74) is 18.1. The first-order valence-corrected chi connectivity index (χ1v) is 37.3. The lowest BCUT2D eigenvalue weighted by Crippen LogP contribution is -2.61.